The van der Waals surface area contributed by atoms with Gasteiger partial charge in [0.25, 0.3) is 0 Å². The second kappa shape index (κ2) is 7.72. The molecule has 3 aliphatic rings. The van der Waals surface area contributed by atoms with Crippen molar-refractivity contribution in [3.05, 3.63) is 28.3 Å². The Balaban J connectivity index is 1.49. The number of aryl methyl sites for hydroxylation is 2. The number of hydrogen-bond donors (Lipinski definition) is 2. The highest BCUT2D eigenvalue weighted by Gasteiger charge is 2.33. The standard InChI is InChI=1S/C20H26N4O3S/c21-9-11-24-10-3-6-16(13-24)28(26,27)23-20(25)22-19-17-7-1-4-14(17)12-15-5-2-8-18(15)19/h12,16H,1-8,10-11,13H2,(H2,22,23,25). The molecule has 2 N–H and O–H groups in total. The smallest absolute Gasteiger partial charge is 0.307 e. The zero-order valence-corrected chi connectivity index (χ0v) is 16.8. The first-order valence-corrected chi connectivity index (χ1v) is 11.6. The Labute approximate surface area is 166 Å². The van der Waals surface area contributed by atoms with Crippen molar-refractivity contribution in [1.29, 1.82) is 5.26 Å². The van der Waals surface area contributed by atoms with Gasteiger partial charge >= 0.3 is 6.03 Å². The first kappa shape index (κ1) is 19.2. The lowest BCUT2D eigenvalue weighted by Gasteiger charge is -2.30. The maximum Gasteiger partial charge on any atom is 0.332 e. The van der Waals surface area contributed by atoms with E-state index in [2.05, 4.69) is 22.2 Å². The molecule has 28 heavy (non-hydrogen) atoms. The van der Waals surface area contributed by atoms with Crippen LogP contribution in [-0.2, 0) is 35.7 Å². The number of rotatable bonds is 4. The Morgan fingerprint density at radius 1 is 1.14 bits per heavy atom. The molecule has 0 bridgehead atoms. The summed E-state index contributed by atoms with van der Waals surface area (Å²) in [5, 5.41) is 11.1. The molecule has 0 spiro atoms. The van der Waals surface area contributed by atoms with Crippen LogP contribution < -0.4 is 10.0 Å². The normalized spacial score (nSPS) is 21.6. The molecule has 1 aromatic carbocycles. The summed E-state index contributed by atoms with van der Waals surface area (Å²) in [5.74, 6) is 0. The van der Waals surface area contributed by atoms with Crippen molar-refractivity contribution in [1.82, 2.24) is 9.62 Å². The number of hydrogen-bond acceptors (Lipinski definition) is 5. The zero-order chi connectivity index (χ0) is 19.7. The SMILES string of the molecule is N#CCN1CCCC(S(=O)(=O)NC(=O)Nc2c3c(cc4c2CCC4)CCC3)C1. The molecule has 1 atom stereocenters. The number of fused-ring (bicyclic) bond motifs is 2. The van der Waals surface area contributed by atoms with E-state index in [1.165, 1.54) is 22.3 Å². The molecular formula is C20H26N4O3S. The average Bonchev–Trinajstić information content (AvgIpc) is 3.30. The summed E-state index contributed by atoms with van der Waals surface area (Å²) in [6.07, 6.45) is 7.25. The number of amides is 2. The number of sulfonamides is 1. The largest absolute Gasteiger partial charge is 0.332 e. The van der Waals surface area contributed by atoms with E-state index in [-0.39, 0.29) is 13.1 Å². The van der Waals surface area contributed by atoms with Gasteiger partial charge in [0.15, 0.2) is 0 Å². The molecule has 8 heteroatoms. The van der Waals surface area contributed by atoms with Crippen molar-refractivity contribution >= 4 is 21.7 Å². The van der Waals surface area contributed by atoms with Crippen molar-refractivity contribution in [3.8, 4) is 6.07 Å². The van der Waals surface area contributed by atoms with E-state index in [0.717, 1.165) is 44.2 Å². The minimum absolute atomic E-state index is 0.209. The molecular weight excluding hydrogens is 376 g/mol. The topological polar surface area (TPSA) is 102 Å². The van der Waals surface area contributed by atoms with Gasteiger partial charge in [0.05, 0.1) is 17.9 Å². The molecule has 2 aliphatic carbocycles. The van der Waals surface area contributed by atoms with Crippen LogP contribution in [0.4, 0.5) is 10.5 Å². The number of carbonyl (C=O) groups is 1. The summed E-state index contributed by atoms with van der Waals surface area (Å²) < 4.78 is 27.7. The lowest BCUT2D eigenvalue weighted by atomic mass is 9.99. The Morgan fingerprint density at radius 2 is 1.82 bits per heavy atom. The van der Waals surface area contributed by atoms with Crippen LogP contribution in [0.15, 0.2) is 6.07 Å². The van der Waals surface area contributed by atoms with E-state index in [4.69, 9.17) is 5.26 Å². The minimum Gasteiger partial charge on any atom is -0.307 e. The third kappa shape index (κ3) is 3.74. The maximum absolute atomic E-state index is 12.7. The third-order valence-corrected chi connectivity index (χ3v) is 7.87. The molecule has 1 heterocycles. The first-order chi connectivity index (χ1) is 13.5. The van der Waals surface area contributed by atoms with Gasteiger partial charge < -0.3 is 5.32 Å². The molecule has 2 amide bonds. The summed E-state index contributed by atoms with van der Waals surface area (Å²) in [6, 6.07) is 3.66. The molecule has 150 valence electrons. The number of piperidine rings is 1. The fourth-order valence-electron chi connectivity index (χ4n) is 4.83. The lowest BCUT2D eigenvalue weighted by molar-refractivity contribution is 0.250. The average molecular weight is 403 g/mol. The predicted octanol–water partition coefficient (Wildman–Crippen LogP) is 2.10. The number of nitrogens with zero attached hydrogens (tertiary/aromatic N) is 2. The van der Waals surface area contributed by atoms with Crippen LogP contribution in [0.25, 0.3) is 0 Å². The van der Waals surface area contributed by atoms with Crippen molar-refractivity contribution in [3.63, 3.8) is 0 Å². The Kier molecular flexibility index (Phi) is 5.30. The molecule has 1 aromatic rings. The van der Waals surface area contributed by atoms with E-state index in [1.807, 2.05) is 4.90 Å². The van der Waals surface area contributed by atoms with Gasteiger partial charge in [-0.05, 0) is 80.2 Å². The molecule has 1 fully saturated rings. The minimum atomic E-state index is -3.80. The quantitative estimate of drug-likeness (QED) is 0.751. The summed E-state index contributed by atoms with van der Waals surface area (Å²) >= 11 is 0. The fraction of sp³-hybridized carbons (Fsp3) is 0.600. The van der Waals surface area contributed by atoms with Gasteiger partial charge in [0.2, 0.25) is 10.0 Å². The van der Waals surface area contributed by atoms with Crippen LogP contribution in [0.2, 0.25) is 0 Å². The maximum atomic E-state index is 12.7. The van der Waals surface area contributed by atoms with Gasteiger partial charge in [0, 0.05) is 12.2 Å². The second-order valence-electron chi connectivity index (χ2n) is 7.99. The number of likely N-dealkylation sites (tertiary alicyclic amines) is 1. The molecule has 7 nitrogen and oxygen atoms in total. The van der Waals surface area contributed by atoms with Crippen molar-refractivity contribution in [2.24, 2.45) is 0 Å². The number of benzene rings is 1. The summed E-state index contributed by atoms with van der Waals surface area (Å²) in [5.41, 5.74) is 5.76. The fourth-order valence-corrected chi connectivity index (χ4v) is 6.19. The molecule has 4 rings (SSSR count). The van der Waals surface area contributed by atoms with Gasteiger partial charge in [-0.15, -0.1) is 0 Å². The van der Waals surface area contributed by atoms with Crippen LogP contribution >= 0.6 is 0 Å². The monoisotopic (exact) mass is 402 g/mol. The van der Waals surface area contributed by atoms with Gasteiger partial charge in [-0.1, -0.05) is 6.07 Å². The highest BCUT2D eigenvalue weighted by molar-refractivity contribution is 7.90. The highest BCUT2D eigenvalue weighted by Crippen LogP contribution is 2.38. The number of urea groups is 1. The third-order valence-electron chi connectivity index (χ3n) is 6.14. The summed E-state index contributed by atoms with van der Waals surface area (Å²) in [6.45, 7) is 1.21. The van der Waals surface area contributed by atoms with Gasteiger partial charge in [-0.2, -0.15) is 5.26 Å². The number of anilines is 1. The molecule has 0 radical (unpaired) electrons. The summed E-state index contributed by atoms with van der Waals surface area (Å²) in [4.78, 5) is 14.4. The van der Waals surface area contributed by atoms with Crippen LogP contribution in [0.1, 0.15) is 47.9 Å². The van der Waals surface area contributed by atoms with Crippen LogP contribution in [0, 0.1) is 11.3 Å². The zero-order valence-electron chi connectivity index (χ0n) is 16.0. The number of nitrogens with one attached hydrogen (secondary N) is 2. The highest BCUT2D eigenvalue weighted by atomic mass is 32.2. The van der Waals surface area contributed by atoms with E-state index in [0.29, 0.717) is 19.4 Å². The molecule has 0 aromatic heterocycles. The Bertz CT molecular complexity index is 903. The van der Waals surface area contributed by atoms with Crippen LogP contribution in [0.3, 0.4) is 0 Å². The molecule has 1 unspecified atom stereocenters. The Morgan fingerprint density at radius 3 is 2.46 bits per heavy atom. The van der Waals surface area contributed by atoms with Gasteiger partial charge in [-0.3, -0.25) is 4.90 Å². The Hall–Kier alpha value is -2.11. The number of nitriles is 1. The van der Waals surface area contributed by atoms with Crippen LogP contribution in [0.5, 0.6) is 0 Å². The molecule has 0 saturated carbocycles. The van der Waals surface area contributed by atoms with Gasteiger partial charge in [0.1, 0.15) is 0 Å². The number of carbonyl (C=O) groups excluding carboxylic acids is 1. The van der Waals surface area contributed by atoms with Crippen molar-refractivity contribution in [2.45, 2.75) is 56.6 Å². The van der Waals surface area contributed by atoms with E-state index >= 15 is 0 Å². The summed E-state index contributed by atoms with van der Waals surface area (Å²) in [7, 11) is -3.80. The second-order valence-corrected chi connectivity index (χ2v) is 9.95. The first-order valence-electron chi connectivity index (χ1n) is 10.1. The lowest BCUT2D eigenvalue weighted by Crippen LogP contribution is -2.48. The van der Waals surface area contributed by atoms with Gasteiger partial charge in [-0.25, -0.2) is 17.9 Å². The van der Waals surface area contributed by atoms with Crippen molar-refractivity contribution in [2.75, 3.05) is 25.0 Å². The predicted molar refractivity (Wildman–Crippen MR) is 107 cm³/mol. The van der Waals surface area contributed by atoms with E-state index in [9.17, 15) is 13.2 Å². The van der Waals surface area contributed by atoms with Crippen molar-refractivity contribution < 1.29 is 13.2 Å². The van der Waals surface area contributed by atoms with Crippen LogP contribution in [-0.4, -0.2) is 44.2 Å². The van der Waals surface area contributed by atoms with E-state index in [1.54, 1.807) is 0 Å². The molecule has 1 saturated heterocycles. The molecule has 1 aliphatic heterocycles. The van der Waals surface area contributed by atoms with E-state index < -0.39 is 21.3 Å².